The summed E-state index contributed by atoms with van der Waals surface area (Å²) in [6, 6.07) is 20.8. The Bertz CT molecular complexity index is 765. The Morgan fingerprint density at radius 3 is 2.19 bits per heavy atom. The Hall–Kier alpha value is -2.55. The first-order chi connectivity index (χ1) is 13.1. The maximum atomic E-state index is 9.06. The summed E-state index contributed by atoms with van der Waals surface area (Å²) in [5.74, 6) is 1.14. The molecule has 0 aliphatic heterocycles. The fourth-order valence-corrected chi connectivity index (χ4v) is 3.88. The van der Waals surface area contributed by atoms with Gasteiger partial charge in [0.05, 0.1) is 6.04 Å². The van der Waals surface area contributed by atoms with Gasteiger partial charge in [0.25, 0.3) is 0 Å². The lowest BCUT2D eigenvalue weighted by molar-refractivity contribution is 0.539. The molecule has 0 saturated heterocycles. The number of anilines is 2. The zero-order valence-electron chi connectivity index (χ0n) is 16.7. The number of nitrogens with one attached hydrogen (secondary N) is 1. The van der Waals surface area contributed by atoms with Crippen LogP contribution in [-0.2, 0) is 0 Å². The number of benzene rings is 2. The lowest BCUT2D eigenvalue weighted by Gasteiger charge is -2.40. The SMILES string of the molecule is CC(C)CC1=CCCCC1N(C(=N)N(C)c1ccccc1)c1ccccc1. The van der Waals surface area contributed by atoms with Crippen LogP contribution in [0.4, 0.5) is 11.4 Å². The summed E-state index contributed by atoms with van der Waals surface area (Å²) in [5, 5.41) is 9.06. The number of allylic oxidation sites excluding steroid dienone is 1. The Balaban J connectivity index is 1.97. The molecular formula is C24H31N3. The van der Waals surface area contributed by atoms with Gasteiger partial charge in [-0.25, -0.2) is 0 Å². The Labute approximate surface area is 163 Å². The molecule has 0 fully saturated rings. The summed E-state index contributed by atoms with van der Waals surface area (Å²) in [7, 11) is 1.99. The third-order valence-electron chi connectivity index (χ3n) is 5.20. The number of rotatable bonds is 5. The van der Waals surface area contributed by atoms with Gasteiger partial charge < -0.3 is 9.80 Å². The highest BCUT2D eigenvalue weighted by atomic mass is 15.4. The quantitative estimate of drug-likeness (QED) is 0.397. The molecule has 1 unspecified atom stereocenters. The number of nitrogens with zero attached hydrogens (tertiary/aromatic N) is 2. The molecule has 27 heavy (non-hydrogen) atoms. The molecule has 0 amide bonds. The van der Waals surface area contributed by atoms with Gasteiger partial charge in [-0.1, -0.05) is 61.9 Å². The summed E-state index contributed by atoms with van der Waals surface area (Å²) in [5.41, 5.74) is 3.60. The van der Waals surface area contributed by atoms with Gasteiger partial charge in [0.15, 0.2) is 0 Å². The molecule has 0 saturated carbocycles. The summed E-state index contributed by atoms with van der Waals surface area (Å²) in [6.45, 7) is 4.56. The predicted octanol–water partition coefficient (Wildman–Crippen LogP) is 6.09. The van der Waals surface area contributed by atoms with Crippen LogP contribution in [0.2, 0.25) is 0 Å². The second kappa shape index (κ2) is 8.90. The van der Waals surface area contributed by atoms with Crippen molar-refractivity contribution in [3.8, 4) is 0 Å². The average Bonchev–Trinajstić information content (AvgIpc) is 2.70. The molecule has 0 radical (unpaired) electrons. The minimum Gasteiger partial charge on any atom is -0.316 e. The summed E-state index contributed by atoms with van der Waals surface area (Å²) in [6.07, 6.45) is 6.94. The van der Waals surface area contributed by atoms with E-state index in [2.05, 4.69) is 61.2 Å². The lowest BCUT2D eigenvalue weighted by Crippen LogP contribution is -2.49. The van der Waals surface area contributed by atoms with Crippen LogP contribution in [0.25, 0.3) is 0 Å². The fraction of sp³-hybridized carbons (Fsp3) is 0.375. The Kier molecular flexibility index (Phi) is 6.33. The highest BCUT2D eigenvalue weighted by molar-refractivity contribution is 6.05. The number of hydrogen-bond acceptors (Lipinski definition) is 1. The van der Waals surface area contributed by atoms with E-state index in [1.165, 1.54) is 12.0 Å². The molecule has 1 atom stereocenters. The summed E-state index contributed by atoms with van der Waals surface area (Å²) in [4.78, 5) is 4.20. The van der Waals surface area contributed by atoms with E-state index in [1.807, 2.05) is 36.2 Å². The number of hydrogen-bond donors (Lipinski definition) is 1. The molecule has 3 rings (SSSR count). The predicted molar refractivity (Wildman–Crippen MR) is 117 cm³/mol. The maximum absolute atomic E-state index is 9.06. The van der Waals surface area contributed by atoms with E-state index in [0.29, 0.717) is 11.9 Å². The number of para-hydroxylation sites is 2. The molecule has 1 aliphatic carbocycles. The molecule has 0 heterocycles. The van der Waals surface area contributed by atoms with Crippen LogP contribution in [0, 0.1) is 11.3 Å². The van der Waals surface area contributed by atoms with Crippen LogP contribution < -0.4 is 9.80 Å². The second-order valence-corrected chi connectivity index (χ2v) is 7.75. The van der Waals surface area contributed by atoms with Gasteiger partial charge in [0.2, 0.25) is 5.96 Å². The summed E-state index contributed by atoms with van der Waals surface area (Å²) >= 11 is 0. The molecular weight excluding hydrogens is 330 g/mol. The monoisotopic (exact) mass is 361 g/mol. The Morgan fingerprint density at radius 2 is 1.59 bits per heavy atom. The normalized spacial score (nSPS) is 16.7. The zero-order valence-corrected chi connectivity index (χ0v) is 16.7. The third kappa shape index (κ3) is 4.60. The van der Waals surface area contributed by atoms with Crippen molar-refractivity contribution < 1.29 is 0 Å². The molecule has 3 heteroatoms. The van der Waals surface area contributed by atoms with E-state index in [9.17, 15) is 0 Å². The van der Waals surface area contributed by atoms with Gasteiger partial charge in [0.1, 0.15) is 0 Å². The molecule has 0 aromatic heterocycles. The van der Waals surface area contributed by atoms with E-state index in [0.717, 1.165) is 30.6 Å². The molecule has 2 aromatic rings. The van der Waals surface area contributed by atoms with Crippen LogP contribution in [0.15, 0.2) is 72.3 Å². The van der Waals surface area contributed by atoms with Crippen LogP contribution >= 0.6 is 0 Å². The van der Waals surface area contributed by atoms with Crippen molar-refractivity contribution in [1.82, 2.24) is 0 Å². The van der Waals surface area contributed by atoms with Gasteiger partial charge in [-0.15, -0.1) is 0 Å². The van der Waals surface area contributed by atoms with Gasteiger partial charge in [-0.05, 0) is 55.9 Å². The first-order valence-electron chi connectivity index (χ1n) is 9.98. The molecule has 2 aromatic carbocycles. The summed E-state index contributed by atoms with van der Waals surface area (Å²) < 4.78 is 0. The molecule has 142 valence electrons. The average molecular weight is 362 g/mol. The Morgan fingerprint density at radius 1 is 1.00 bits per heavy atom. The first kappa shape index (κ1) is 19.2. The maximum Gasteiger partial charge on any atom is 0.203 e. The molecule has 0 spiro atoms. The fourth-order valence-electron chi connectivity index (χ4n) is 3.88. The van der Waals surface area contributed by atoms with Crippen molar-refractivity contribution in [2.24, 2.45) is 5.92 Å². The van der Waals surface area contributed by atoms with Crippen molar-refractivity contribution in [3.63, 3.8) is 0 Å². The van der Waals surface area contributed by atoms with Crippen molar-refractivity contribution in [1.29, 1.82) is 5.41 Å². The topological polar surface area (TPSA) is 30.3 Å². The van der Waals surface area contributed by atoms with E-state index in [-0.39, 0.29) is 6.04 Å². The van der Waals surface area contributed by atoms with E-state index < -0.39 is 0 Å². The zero-order chi connectivity index (χ0) is 19.2. The van der Waals surface area contributed by atoms with Gasteiger partial charge in [-0.2, -0.15) is 0 Å². The smallest absolute Gasteiger partial charge is 0.203 e. The van der Waals surface area contributed by atoms with Gasteiger partial charge >= 0.3 is 0 Å². The van der Waals surface area contributed by atoms with E-state index in [1.54, 1.807) is 0 Å². The minimum atomic E-state index is 0.252. The van der Waals surface area contributed by atoms with Crippen LogP contribution in [0.5, 0.6) is 0 Å². The van der Waals surface area contributed by atoms with Crippen molar-refractivity contribution in [2.45, 2.75) is 45.6 Å². The van der Waals surface area contributed by atoms with Crippen LogP contribution in [-0.4, -0.2) is 19.0 Å². The highest BCUT2D eigenvalue weighted by Gasteiger charge is 2.30. The molecule has 1 aliphatic rings. The lowest BCUT2D eigenvalue weighted by atomic mass is 9.87. The molecule has 3 nitrogen and oxygen atoms in total. The van der Waals surface area contributed by atoms with Crippen LogP contribution in [0.1, 0.15) is 39.5 Å². The van der Waals surface area contributed by atoms with Crippen LogP contribution in [0.3, 0.4) is 0 Å². The van der Waals surface area contributed by atoms with Crippen molar-refractivity contribution >= 4 is 17.3 Å². The van der Waals surface area contributed by atoms with Crippen molar-refractivity contribution in [3.05, 3.63) is 72.3 Å². The van der Waals surface area contributed by atoms with Crippen molar-refractivity contribution in [2.75, 3.05) is 16.8 Å². The standard InChI is InChI=1S/C24H31N3/c1-19(2)18-20-12-10-11-17-23(20)27(22-15-8-5-9-16-22)24(25)26(3)21-13-6-4-7-14-21/h4-9,12-16,19,23,25H,10-11,17-18H2,1-3H3. The highest BCUT2D eigenvalue weighted by Crippen LogP contribution is 2.32. The second-order valence-electron chi connectivity index (χ2n) is 7.75. The van der Waals surface area contributed by atoms with E-state index >= 15 is 0 Å². The minimum absolute atomic E-state index is 0.252. The first-order valence-corrected chi connectivity index (χ1v) is 9.98. The largest absolute Gasteiger partial charge is 0.316 e. The van der Waals surface area contributed by atoms with E-state index in [4.69, 9.17) is 5.41 Å². The van der Waals surface area contributed by atoms with Gasteiger partial charge in [-0.3, -0.25) is 5.41 Å². The molecule has 1 N–H and O–H groups in total. The van der Waals surface area contributed by atoms with Gasteiger partial charge in [0, 0.05) is 18.4 Å². The third-order valence-corrected chi connectivity index (χ3v) is 5.20. The number of guanidine groups is 1. The molecule has 0 bridgehead atoms.